The molecule has 304 valence electrons. The molecule has 0 amide bonds. The molecule has 0 fully saturated rings. The minimum Gasteiger partial charge on any atom is -0.481 e. The maximum absolute atomic E-state index is 11.8. The highest BCUT2D eigenvalue weighted by molar-refractivity contribution is 5.89. The third-order valence-electron chi connectivity index (χ3n) is 8.89. The average molecular weight is 797 g/mol. The first kappa shape index (κ1) is 43.4. The van der Waals surface area contributed by atoms with E-state index in [1.807, 2.05) is 53.4 Å². The maximum Gasteiger partial charge on any atom is 0.305 e. The fourth-order valence-corrected chi connectivity index (χ4v) is 5.84. The number of nitrogens with zero attached hydrogens (tertiary/aromatic N) is 4. The van der Waals surface area contributed by atoms with Crippen molar-refractivity contribution < 1.29 is 48.3 Å². The van der Waals surface area contributed by atoms with E-state index in [4.69, 9.17) is 16.6 Å². The summed E-state index contributed by atoms with van der Waals surface area (Å²) in [7, 11) is 2.58. The van der Waals surface area contributed by atoms with Crippen LogP contribution in [0.15, 0.2) is 91.4 Å². The first-order valence-corrected chi connectivity index (χ1v) is 18.0. The van der Waals surface area contributed by atoms with Crippen LogP contribution in [0.2, 0.25) is 0 Å². The fraction of sp³-hybridized carbons (Fsp3) is 0.268. The SMILES string of the molecule is COC(=O)CCC(=O)Cn1ccc2ccc(N)cc21.COC(=O)CCC(=O)Cn1ccc2ccc([N+](=O)[O-])cc21.Nc1ccc2ccn(CC(=O)CCC(=O)O)c2c1. The summed E-state index contributed by atoms with van der Waals surface area (Å²) in [6.07, 6.45) is 5.71. The van der Waals surface area contributed by atoms with Crippen molar-refractivity contribution in [3.63, 3.8) is 0 Å². The molecule has 6 aromatic rings. The Morgan fingerprint density at radius 1 is 0.569 bits per heavy atom. The Bertz CT molecular complexity index is 2460. The number of nitrogen functional groups attached to an aromatic ring is 2. The molecule has 6 rings (SSSR count). The molecule has 0 aliphatic carbocycles. The molecule has 0 saturated heterocycles. The summed E-state index contributed by atoms with van der Waals surface area (Å²) < 4.78 is 14.2. The van der Waals surface area contributed by atoms with Gasteiger partial charge in [-0.15, -0.1) is 0 Å². The van der Waals surface area contributed by atoms with Gasteiger partial charge >= 0.3 is 17.9 Å². The number of non-ortho nitro benzene ring substituents is 1. The van der Waals surface area contributed by atoms with E-state index in [1.54, 1.807) is 39.6 Å². The number of methoxy groups -OCH3 is 2. The number of aromatic nitrogens is 3. The molecule has 0 saturated carbocycles. The quantitative estimate of drug-likeness (QED) is 0.0476. The number of esters is 2. The highest BCUT2D eigenvalue weighted by atomic mass is 16.6. The molecule has 0 bridgehead atoms. The molecule has 3 aromatic heterocycles. The van der Waals surface area contributed by atoms with Crippen molar-refractivity contribution in [3.05, 3.63) is 102 Å². The van der Waals surface area contributed by atoms with Crippen LogP contribution in [0.3, 0.4) is 0 Å². The van der Waals surface area contributed by atoms with E-state index in [2.05, 4.69) is 9.47 Å². The summed E-state index contributed by atoms with van der Waals surface area (Å²) >= 11 is 0. The van der Waals surface area contributed by atoms with Gasteiger partial charge in [0, 0.05) is 66.7 Å². The lowest BCUT2D eigenvalue weighted by atomic mass is 10.2. The molecule has 17 nitrogen and oxygen atoms in total. The zero-order valence-corrected chi connectivity index (χ0v) is 32.0. The van der Waals surface area contributed by atoms with Crippen LogP contribution < -0.4 is 11.5 Å². The number of nitro benzene ring substituents is 1. The molecule has 0 spiro atoms. The third kappa shape index (κ3) is 12.6. The van der Waals surface area contributed by atoms with Crippen molar-refractivity contribution in [1.29, 1.82) is 0 Å². The Morgan fingerprint density at radius 3 is 1.29 bits per heavy atom. The number of carbonyl (C=O) groups is 6. The van der Waals surface area contributed by atoms with Gasteiger partial charge in [0.1, 0.15) is 0 Å². The van der Waals surface area contributed by atoms with Crippen LogP contribution in [0, 0.1) is 10.1 Å². The lowest BCUT2D eigenvalue weighted by Gasteiger charge is -2.05. The van der Waals surface area contributed by atoms with Gasteiger partial charge in [-0.2, -0.15) is 0 Å². The van der Waals surface area contributed by atoms with Crippen LogP contribution in [-0.4, -0.2) is 73.2 Å². The van der Waals surface area contributed by atoms with E-state index in [-0.39, 0.29) is 87.2 Å². The number of ketones is 3. The number of nitro groups is 1. The standard InChI is InChI=1S/C14H14N2O5.C14H16N2O3.C13H14N2O3/c1-21-14(18)5-4-12(17)9-15-7-6-10-2-3-11(16(19)20)8-13(10)15;1-19-14(18)5-4-12(17)9-16-7-6-10-2-3-11(15)8-13(10)16;14-10-2-1-9-5-6-15(12(9)7-10)8-11(16)3-4-13(17)18/h2-3,6-8H,4-5,9H2,1H3;2-3,6-8H,4-5,9,15H2,1H3;1-2,5-7H,3-4,8,14H2,(H,17,18). The van der Waals surface area contributed by atoms with Gasteiger partial charge in [0.05, 0.1) is 74.6 Å². The number of carbonyl (C=O) groups excluding carboxylic acids is 5. The molecule has 0 radical (unpaired) electrons. The Balaban J connectivity index is 0.000000193. The van der Waals surface area contributed by atoms with Gasteiger partial charge in [0.2, 0.25) is 0 Å². The van der Waals surface area contributed by atoms with Crippen molar-refractivity contribution in [2.75, 3.05) is 25.7 Å². The van der Waals surface area contributed by atoms with Gasteiger partial charge < -0.3 is 39.7 Å². The summed E-state index contributed by atoms with van der Waals surface area (Å²) in [6.45, 7) is 0.492. The predicted molar refractivity (Wildman–Crippen MR) is 216 cm³/mol. The molecule has 0 aliphatic rings. The molecule has 5 N–H and O–H groups in total. The van der Waals surface area contributed by atoms with E-state index in [0.29, 0.717) is 16.9 Å². The molecule has 0 unspecified atom stereocenters. The van der Waals surface area contributed by atoms with Crippen LogP contribution in [-0.2, 0) is 57.9 Å². The number of hydrogen-bond acceptors (Lipinski definition) is 12. The summed E-state index contributed by atoms with van der Waals surface area (Å²) in [5, 5.41) is 22.2. The number of Topliss-reactive ketones (excluding diaryl/α,β-unsaturated/α-hetero) is 3. The Hall–Kier alpha value is -7.30. The Kier molecular flexibility index (Phi) is 15.4. The van der Waals surface area contributed by atoms with E-state index in [1.165, 1.54) is 26.4 Å². The summed E-state index contributed by atoms with van der Waals surface area (Å²) in [4.78, 5) is 77.9. The van der Waals surface area contributed by atoms with Gasteiger partial charge in [-0.25, -0.2) is 0 Å². The third-order valence-corrected chi connectivity index (χ3v) is 8.89. The normalized spacial score (nSPS) is 10.6. The number of benzene rings is 3. The molecular weight excluding hydrogens is 752 g/mol. The van der Waals surface area contributed by atoms with Crippen molar-refractivity contribution >= 4 is 85.0 Å². The van der Waals surface area contributed by atoms with Crippen molar-refractivity contribution in [3.8, 4) is 0 Å². The number of aliphatic carboxylic acids is 1. The summed E-state index contributed by atoms with van der Waals surface area (Å²) in [5.74, 6) is -2.00. The van der Waals surface area contributed by atoms with Crippen molar-refractivity contribution in [2.45, 2.75) is 58.2 Å². The number of rotatable bonds is 16. The van der Waals surface area contributed by atoms with E-state index >= 15 is 0 Å². The average Bonchev–Trinajstić information content (AvgIpc) is 3.92. The number of carboxylic acids is 1. The number of nitrogens with two attached hydrogens (primary N) is 2. The number of ether oxygens (including phenoxy) is 2. The van der Waals surface area contributed by atoms with Crippen LogP contribution in [0.1, 0.15) is 38.5 Å². The summed E-state index contributed by atoms with van der Waals surface area (Å²) in [6, 6.07) is 21.2. The van der Waals surface area contributed by atoms with Crippen LogP contribution in [0.4, 0.5) is 17.1 Å². The molecule has 17 heteroatoms. The predicted octanol–water partition coefficient (Wildman–Crippen LogP) is 5.48. The number of anilines is 2. The lowest BCUT2D eigenvalue weighted by molar-refractivity contribution is -0.384. The minimum atomic E-state index is -0.954. The van der Waals surface area contributed by atoms with E-state index in [9.17, 15) is 38.9 Å². The van der Waals surface area contributed by atoms with Gasteiger partial charge in [0.25, 0.3) is 5.69 Å². The second-order valence-corrected chi connectivity index (χ2v) is 13.1. The molecule has 0 aliphatic heterocycles. The summed E-state index contributed by atoms with van der Waals surface area (Å²) in [5.41, 5.74) is 15.2. The van der Waals surface area contributed by atoms with Crippen LogP contribution >= 0.6 is 0 Å². The minimum absolute atomic E-state index is 0.00896. The second-order valence-electron chi connectivity index (χ2n) is 13.1. The molecule has 3 aromatic carbocycles. The fourth-order valence-electron chi connectivity index (χ4n) is 5.84. The first-order chi connectivity index (χ1) is 27.7. The highest BCUT2D eigenvalue weighted by Crippen LogP contribution is 2.23. The highest BCUT2D eigenvalue weighted by Gasteiger charge is 2.14. The number of hydrogen-bond donors (Lipinski definition) is 3. The zero-order valence-electron chi connectivity index (χ0n) is 32.0. The lowest BCUT2D eigenvalue weighted by Crippen LogP contribution is -2.11. The molecular formula is C41H44N6O11. The zero-order chi connectivity index (χ0) is 42.4. The van der Waals surface area contributed by atoms with Crippen LogP contribution in [0.25, 0.3) is 32.7 Å². The number of fused-ring (bicyclic) bond motifs is 3. The topological polar surface area (TPSA) is 251 Å². The smallest absolute Gasteiger partial charge is 0.305 e. The maximum atomic E-state index is 11.8. The molecule has 58 heavy (non-hydrogen) atoms. The van der Waals surface area contributed by atoms with Gasteiger partial charge in [-0.05, 0) is 59.3 Å². The van der Waals surface area contributed by atoms with Gasteiger partial charge in [0.15, 0.2) is 17.3 Å². The Labute approximate surface area is 331 Å². The van der Waals surface area contributed by atoms with Crippen molar-refractivity contribution in [2.24, 2.45) is 0 Å². The molecule has 3 heterocycles. The first-order valence-electron chi connectivity index (χ1n) is 18.0. The van der Waals surface area contributed by atoms with Gasteiger partial charge in [-0.1, -0.05) is 12.1 Å². The van der Waals surface area contributed by atoms with Crippen LogP contribution in [0.5, 0.6) is 0 Å². The monoisotopic (exact) mass is 796 g/mol. The van der Waals surface area contributed by atoms with Gasteiger partial charge in [-0.3, -0.25) is 38.9 Å². The van der Waals surface area contributed by atoms with E-state index in [0.717, 1.165) is 27.2 Å². The second kappa shape index (κ2) is 20.6. The largest absolute Gasteiger partial charge is 0.481 e. The van der Waals surface area contributed by atoms with E-state index < -0.39 is 16.9 Å². The van der Waals surface area contributed by atoms with Crippen molar-refractivity contribution in [1.82, 2.24) is 13.7 Å². The molecule has 0 atom stereocenters. The number of carboxylic acid groups (broad SMARTS) is 1. The Morgan fingerprint density at radius 2 is 0.931 bits per heavy atom.